The Morgan fingerprint density at radius 2 is 1.86 bits per heavy atom. The van der Waals surface area contributed by atoms with E-state index in [1.165, 1.54) is 28.2 Å². The van der Waals surface area contributed by atoms with Gasteiger partial charge in [0, 0.05) is 32.4 Å². The summed E-state index contributed by atoms with van der Waals surface area (Å²) in [6, 6.07) is 11.0. The molecule has 0 aliphatic carbocycles. The van der Waals surface area contributed by atoms with Crippen LogP contribution >= 0.6 is 0 Å². The van der Waals surface area contributed by atoms with Crippen molar-refractivity contribution in [1.29, 1.82) is 5.26 Å². The number of nitrogens with one attached hydrogen (secondary N) is 1. The van der Waals surface area contributed by atoms with Crippen LogP contribution in [0.3, 0.4) is 0 Å². The summed E-state index contributed by atoms with van der Waals surface area (Å²) in [5.41, 5.74) is 1.27. The molecule has 0 radical (unpaired) electrons. The lowest BCUT2D eigenvalue weighted by Crippen LogP contribution is -2.50. The minimum absolute atomic E-state index is 0.0480. The Bertz CT molecular complexity index is 1590. The molecule has 5 rings (SSSR count). The Hall–Kier alpha value is -5.36. The molecule has 11 nitrogen and oxygen atoms in total. The summed E-state index contributed by atoms with van der Waals surface area (Å²) in [5, 5.41) is 17.0. The standard InChI is InChI=1S/C25H18FN9O2/c1-28-19(13-27)22(16-5-3-2-4-6-16)33-9-11-34(12-10-33)25(37)23(36)17-14-29-21-20(17)18(26)15-30-24(21)35-8-7-31-32-35/h2-8,14-15,29H,9-12H2. The van der Waals surface area contributed by atoms with Crippen LogP contribution in [0.1, 0.15) is 15.9 Å². The number of ketones is 1. The number of halogens is 1. The minimum Gasteiger partial charge on any atom is -0.376 e. The van der Waals surface area contributed by atoms with Crippen molar-refractivity contribution in [3.63, 3.8) is 0 Å². The monoisotopic (exact) mass is 495 g/mol. The van der Waals surface area contributed by atoms with E-state index < -0.39 is 17.5 Å². The van der Waals surface area contributed by atoms with Gasteiger partial charge in [0.05, 0.1) is 53.4 Å². The highest BCUT2D eigenvalue weighted by molar-refractivity contribution is 6.45. The molecule has 0 bridgehead atoms. The third kappa shape index (κ3) is 4.17. The lowest BCUT2D eigenvalue weighted by molar-refractivity contribution is -0.127. The van der Waals surface area contributed by atoms with Crippen molar-refractivity contribution in [1.82, 2.24) is 34.8 Å². The lowest BCUT2D eigenvalue weighted by atomic mass is 10.1. The SMILES string of the molecule is [C-]#[N+]C(C#N)=C(c1ccccc1)N1CCN(C(=O)C(=O)c2c[nH]c3c(-n4ccnn4)ncc(F)c23)CC1. The summed E-state index contributed by atoms with van der Waals surface area (Å²) in [6.07, 6.45) is 5.22. The largest absolute Gasteiger partial charge is 0.376 e. The molecule has 12 heteroatoms. The number of amides is 1. The van der Waals surface area contributed by atoms with Crippen molar-refractivity contribution in [2.45, 2.75) is 0 Å². The molecule has 1 fully saturated rings. The van der Waals surface area contributed by atoms with Crippen LogP contribution in [0, 0.1) is 23.7 Å². The molecule has 0 atom stereocenters. The van der Waals surface area contributed by atoms with E-state index in [0.29, 0.717) is 18.8 Å². The van der Waals surface area contributed by atoms with Gasteiger partial charge in [0.2, 0.25) is 0 Å². The number of rotatable bonds is 5. The average molecular weight is 495 g/mol. The van der Waals surface area contributed by atoms with Crippen LogP contribution in [-0.4, -0.2) is 72.6 Å². The van der Waals surface area contributed by atoms with Crippen LogP contribution in [0.2, 0.25) is 0 Å². The Labute approximate surface area is 209 Å². The number of fused-ring (bicyclic) bond motifs is 1. The fourth-order valence-corrected chi connectivity index (χ4v) is 4.36. The number of Topliss-reactive ketones (excluding diaryl/α,β-unsaturated/α-hetero) is 1. The highest BCUT2D eigenvalue weighted by atomic mass is 19.1. The van der Waals surface area contributed by atoms with Crippen molar-refractivity contribution in [3.05, 3.63) is 89.2 Å². The Morgan fingerprint density at radius 1 is 1.14 bits per heavy atom. The zero-order valence-corrected chi connectivity index (χ0v) is 19.3. The van der Waals surface area contributed by atoms with Crippen LogP contribution in [0.5, 0.6) is 0 Å². The number of hydrogen-bond acceptors (Lipinski definition) is 7. The predicted molar refractivity (Wildman–Crippen MR) is 129 cm³/mol. The molecular weight excluding hydrogens is 477 g/mol. The van der Waals surface area contributed by atoms with Gasteiger partial charge < -0.3 is 14.8 Å². The molecule has 0 saturated carbocycles. The second-order valence-corrected chi connectivity index (χ2v) is 8.12. The maximum atomic E-state index is 14.7. The molecule has 0 spiro atoms. The molecule has 1 amide bonds. The van der Waals surface area contributed by atoms with E-state index in [2.05, 4.69) is 25.1 Å². The number of benzene rings is 1. The predicted octanol–water partition coefficient (Wildman–Crippen LogP) is 2.42. The molecule has 37 heavy (non-hydrogen) atoms. The van der Waals surface area contributed by atoms with E-state index in [-0.39, 0.29) is 41.1 Å². The summed E-state index contributed by atoms with van der Waals surface area (Å²) in [5.74, 6) is -2.13. The van der Waals surface area contributed by atoms with Crippen molar-refractivity contribution in [2.24, 2.45) is 0 Å². The van der Waals surface area contributed by atoms with Crippen molar-refractivity contribution >= 4 is 28.3 Å². The first-order valence-corrected chi connectivity index (χ1v) is 11.2. The van der Waals surface area contributed by atoms with Gasteiger partial charge in [0.25, 0.3) is 17.4 Å². The number of carbonyl (C=O) groups excluding carboxylic acids is 2. The molecule has 1 saturated heterocycles. The zero-order valence-electron chi connectivity index (χ0n) is 19.3. The average Bonchev–Trinajstić information content (AvgIpc) is 3.63. The summed E-state index contributed by atoms with van der Waals surface area (Å²) < 4.78 is 16.1. The van der Waals surface area contributed by atoms with Crippen molar-refractivity contribution in [2.75, 3.05) is 26.2 Å². The van der Waals surface area contributed by atoms with Gasteiger partial charge in [-0.05, 0) is 5.56 Å². The number of nitrogens with zero attached hydrogens (tertiary/aromatic N) is 8. The van der Waals surface area contributed by atoms with Gasteiger partial charge in [-0.25, -0.2) is 24.2 Å². The fraction of sp³-hybridized carbons (Fsp3) is 0.160. The third-order valence-corrected chi connectivity index (χ3v) is 6.09. The van der Waals surface area contributed by atoms with Crippen molar-refractivity contribution in [3.8, 4) is 11.9 Å². The van der Waals surface area contributed by atoms with Gasteiger partial charge in [-0.15, -0.1) is 5.10 Å². The van der Waals surface area contributed by atoms with E-state index in [9.17, 15) is 19.2 Å². The number of pyridine rings is 1. The van der Waals surface area contributed by atoms with Gasteiger partial charge in [-0.3, -0.25) is 9.59 Å². The summed E-state index contributed by atoms with van der Waals surface area (Å²) in [6.45, 7) is 8.41. The third-order valence-electron chi connectivity index (χ3n) is 6.09. The van der Waals surface area contributed by atoms with E-state index in [4.69, 9.17) is 6.57 Å². The van der Waals surface area contributed by atoms with E-state index in [1.807, 2.05) is 41.3 Å². The van der Waals surface area contributed by atoms with Crippen LogP contribution in [0.15, 0.2) is 60.8 Å². The van der Waals surface area contributed by atoms with Gasteiger partial charge in [0.1, 0.15) is 0 Å². The van der Waals surface area contributed by atoms with E-state index in [1.54, 1.807) is 0 Å². The smallest absolute Gasteiger partial charge is 0.295 e. The van der Waals surface area contributed by atoms with Gasteiger partial charge in [0.15, 0.2) is 11.6 Å². The maximum absolute atomic E-state index is 14.7. The zero-order chi connectivity index (χ0) is 25.9. The molecule has 4 aromatic rings. The first kappa shape index (κ1) is 23.4. The number of carbonyl (C=O) groups is 2. The second kappa shape index (κ2) is 9.71. The molecule has 1 N–H and O–H groups in total. The number of allylic oxidation sites excluding steroid dienone is 1. The number of aromatic amines is 1. The lowest BCUT2D eigenvalue weighted by Gasteiger charge is -2.37. The fourth-order valence-electron chi connectivity index (χ4n) is 4.36. The first-order valence-electron chi connectivity index (χ1n) is 11.2. The minimum atomic E-state index is -0.855. The molecule has 3 aromatic heterocycles. The summed E-state index contributed by atoms with van der Waals surface area (Å²) in [7, 11) is 0. The van der Waals surface area contributed by atoms with E-state index >= 15 is 0 Å². The second-order valence-electron chi connectivity index (χ2n) is 8.12. The quantitative estimate of drug-likeness (QED) is 0.195. The van der Waals surface area contributed by atoms with Gasteiger partial charge in [-0.2, -0.15) is 0 Å². The molecule has 182 valence electrons. The maximum Gasteiger partial charge on any atom is 0.295 e. The van der Waals surface area contributed by atoms with Gasteiger partial charge >= 0.3 is 0 Å². The number of piperazine rings is 1. The van der Waals surface area contributed by atoms with Crippen LogP contribution in [0.4, 0.5) is 4.39 Å². The normalized spacial score (nSPS) is 14.1. The molecule has 4 heterocycles. The molecule has 1 aliphatic heterocycles. The Morgan fingerprint density at radius 3 is 2.51 bits per heavy atom. The summed E-state index contributed by atoms with van der Waals surface area (Å²) in [4.78, 5) is 39.8. The number of nitriles is 1. The van der Waals surface area contributed by atoms with Gasteiger partial charge in [-0.1, -0.05) is 35.5 Å². The molecule has 1 aliphatic rings. The molecule has 0 unspecified atom stereocenters. The highest BCUT2D eigenvalue weighted by Crippen LogP contribution is 2.28. The number of aromatic nitrogens is 5. The molecule has 1 aromatic carbocycles. The first-order chi connectivity index (χ1) is 18.0. The number of H-pyrrole nitrogens is 1. The number of hydrogen-bond donors (Lipinski definition) is 1. The van der Waals surface area contributed by atoms with Crippen LogP contribution in [0.25, 0.3) is 27.3 Å². The molecular formula is C25H18FN9O2. The van der Waals surface area contributed by atoms with Crippen molar-refractivity contribution < 1.29 is 14.0 Å². The summed E-state index contributed by atoms with van der Waals surface area (Å²) >= 11 is 0. The Kier molecular flexibility index (Phi) is 6.14. The van der Waals surface area contributed by atoms with Crippen LogP contribution in [-0.2, 0) is 4.79 Å². The Balaban J connectivity index is 1.38. The van der Waals surface area contributed by atoms with E-state index in [0.717, 1.165) is 11.8 Å². The van der Waals surface area contributed by atoms with Crippen LogP contribution < -0.4 is 0 Å². The highest BCUT2D eigenvalue weighted by Gasteiger charge is 2.31. The topological polar surface area (TPSA) is 128 Å².